The molecule has 0 aliphatic rings. The van der Waals surface area contributed by atoms with Crippen LogP contribution in [0.15, 0.2) is 22.6 Å². The number of hydrogen-bond donors (Lipinski definition) is 2. The lowest BCUT2D eigenvalue weighted by molar-refractivity contribution is -0.173. The average molecular weight is 517 g/mol. The number of H-pyrrole nitrogens is 1. The number of hydrogen-bond acceptors (Lipinski definition) is 4. The van der Waals surface area contributed by atoms with Crippen molar-refractivity contribution >= 4 is 62.5 Å². The number of carbonyl (C=O) groups is 1. The highest BCUT2D eigenvalue weighted by Crippen LogP contribution is 2.39. The van der Waals surface area contributed by atoms with Crippen molar-refractivity contribution in [1.82, 2.24) is 19.9 Å². The molecule has 0 aromatic carbocycles. The summed E-state index contributed by atoms with van der Waals surface area (Å²) < 4.78 is 39.2. The van der Waals surface area contributed by atoms with Crippen molar-refractivity contribution in [2.45, 2.75) is 12.7 Å². The average Bonchev–Trinajstić information content (AvgIpc) is 3.09. The zero-order valence-electron chi connectivity index (χ0n) is 12.7. The Hall–Kier alpha value is -1.60. The van der Waals surface area contributed by atoms with E-state index < -0.39 is 17.6 Å². The van der Waals surface area contributed by atoms with E-state index in [0.29, 0.717) is 24.7 Å². The molecule has 0 fully saturated rings. The van der Waals surface area contributed by atoms with E-state index in [0.717, 1.165) is 0 Å². The number of aromatic amines is 1. The zero-order valence-corrected chi connectivity index (χ0v) is 16.4. The normalized spacial score (nSPS) is 11.9. The number of carbonyl (C=O) groups excluding carboxylic acids is 1. The van der Waals surface area contributed by atoms with Crippen molar-refractivity contribution in [2.75, 3.05) is 6.54 Å². The summed E-state index contributed by atoms with van der Waals surface area (Å²) in [4.78, 5) is 30.5. The molecule has 0 saturated heterocycles. The number of fused-ring (bicyclic) bond motifs is 1. The van der Waals surface area contributed by atoms with Crippen LogP contribution in [0.5, 0.6) is 0 Å². The van der Waals surface area contributed by atoms with Gasteiger partial charge in [0.05, 0.1) is 25.5 Å². The van der Waals surface area contributed by atoms with Crippen molar-refractivity contribution in [2.24, 2.45) is 0 Å². The standard InChI is InChI=1S/C14H9ClF3IN4O2S/c15-6-1-4-26-11(6)9-7(19)8-10(12(24)22-5-21-8)23(9)3-2-20-13(25)14(16,17)18/h1,4-5H,2-3H2,(H,20,25)(H,21,22,24). The maximum absolute atomic E-state index is 12.4. The zero-order chi connectivity index (χ0) is 19.1. The smallest absolute Gasteiger partial charge is 0.346 e. The van der Waals surface area contributed by atoms with Crippen LogP contribution >= 0.6 is 45.5 Å². The molecule has 0 spiro atoms. The molecule has 26 heavy (non-hydrogen) atoms. The topological polar surface area (TPSA) is 79.8 Å². The minimum absolute atomic E-state index is 0.0559. The van der Waals surface area contributed by atoms with E-state index in [4.69, 9.17) is 11.6 Å². The largest absolute Gasteiger partial charge is 0.471 e. The van der Waals surface area contributed by atoms with Gasteiger partial charge in [0, 0.05) is 13.1 Å². The van der Waals surface area contributed by atoms with E-state index in [9.17, 15) is 22.8 Å². The Bertz CT molecular complexity index is 1040. The van der Waals surface area contributed by atoms with Crippen molar-refractivity contribution in [3.8, 4) is 10.6 Å². The van der Waals surface area contributed by atoms with Crippen molar-refractivity contribution < 1.29 is 18.0 Å². The molecule has 12 heteroatoms. The van der Waals surface area contributed by atoms with Gasteiger partial charge in [0.15, 0.2) is 0 Å². The van der Waals surface area contributed by atoms with Crippen LogP contribution in [0.1, 0.15) is 0 Å². The van der Waals surface area contributed by atoms with Crippen LogP contribution in [-0.4, -0.2) is 33.2 Å². The fourth-order valence-electron chi connectivity index (χ4n) is 2.44. The first-order valence-electron chi connectivity index (χ1n) is 7.05. The minimum Gasteiger partial charge on any atom is -0.346 e. The lowest BCUT2D eigenvalue weighted by atomic mass is 10.3. The van der Waals surface area contributed by atoms with Gasteiger partial charge in [-0.05, 0) is 34.0 Å². The quantitative estimate of drug-likeness (QED) is 0.522. The number of nitrogens with zero attached hydrogens (tertiary/aromatic N) is 2. The van der Waals surface area contributed by atoms with Gasteiger partial charge in [-0.15, -0.1) is 11.3 Å². The number of halogens is 5. The molecule has 1 amide bonds. The minimum atomic E-state index is -4.97. The predicted octanol–water partition coefficient (Wildman–Crippen LogP) is 3.39. The molecule has 0 atom stereocenters. The van der Waals surface area contributed by atoms with Gasteiger partial charge >= 0.3 is 12.1 Å². The summed E-state index contributed by atoms with van der Waals surface area (Å²) in [5.74, 6) is -2.04. The molecular formula is C14H9ClF3IN4O2S. The van der Waals surface area contributed by atoms with Crippen LogP contribution in [0.2, 0.25) is 5.02 Å². The molecular weight excluding hydrogens is 508 g/mol. The van der Waals surface area contributed by atoms with Crippen LogP contribution in [0.3, 0.4) is 0 Å². The fourth-order valence-corrected chi connectivity index (χ4v) is 4.78. The molecule has 3 heterocycles. The van der Waals surface area contributed by atoms with Crippen LogP contribution in [0, 0.1) is 3.57 Å². The van der Waals surface area contributed by atoms with E-state index in [1.54, 1.807) is 16.8 Å². The Morgan fingerprint density at radius 1 is 1.46 bits per heavy atom. The van der Waals surface area contributed by atoms with E-state index >= 15 is 0 Å². The third-order valence-corrected chi connectivity index (χ3v) is 5.86. The van der Waals surface area contributed by atoms with Crippen molar-refractivity contribution in [3.05, 3.63) is 36.7 Å². The van der Waals surface area contributed by atoms with Crippen LogP contribution in [0.25, 0.3) is 21.6 Å². The number of amides is 1. The predicted molar refractivity (Wildman–Crippen MR) is 100 cm³/mol. The maximum atomic E-state index is 12.4. The highest BCUT2D eigenvalue weighted by Gasteiger charge is 2.38. The monoisotopic (exact) mass is 516 g/mol. The van der Waals surface area contributed by atoms with E-state index in [1.165, 1.54) is 22.2 Å². The number of alkyl halides is 3. The first-order valence-corrected chi connectivity index (χ1v) is 9.39. The Morgan fingerprint density at radius 3 is 2.81 bits per heavy atom. The third-order valence-electron chi connectivity index (χ3n) is 3.50. The van der Waals surface area contributed by atoms with Crippen LogP contribution in [-0.2, 0) is 11.3 Å². The van der Waals surface area contributed by atoms with Gasteiger partial charge in [-0.3, -0.25) is 9.59 Å². The van der Waals surface area contributed by atoms with Gasteiger partial charge in [0.25, 0.3) is 5.56 Å². The first kappa shape index (κ1) is 19.2. The molecule has 0 saturated carbocycles. The van der Waals surface area contributed by atoms with Crippen LogP contribution in [0.4, 0.5) is 13.2 Å². The summed E-state index contributed by atoms with van der Waals surface area (Å²) in [6.45, 7) is -0.373. The van der Waals surface area contributed by atoms with Gasteiger partial charge in [0.2, 0.25) is 0 Å². The molecule has 0 radical (unpaired) electrons. The molecule has 138 valence electrons. The third kappa shape index (κ3) is 3.47. The van der Waals surface area contributed by atoms with Gasteiger partial charge in [-0.1, -0.05) is 11.6 Å². The van der Waals surface area contributed by atoms with E-state index in [-0.39, 0.29) is 18.6 Å². The number of nitrogens with one attached hydrogen (secondary N) is 2. The van der Waals surface area contributed by atoms with Gasteiger partial charge in [-0.25, -0.2) is 4.98 Å². The molecule has 3 rings (SSSR count). The van der Waals surface area contributed by atoms with Gasteiger partial charge in [0.1, 0.15) is 11.0 Å². The van der Waals surface area contributed by atoms with E-state index in [2.05, 4.69) is 9.97 Å². The molecule has 0 aliphatic heterocycles. The number of thiophene rings is 1. The molecule has 0 aliphatic carbocycles. The van der Waals surface area contributed by atoms with Gasteiger partial charge < -0.3 is 14.9 Å². The molecule has 0 bridgehead atoms. The SMILES string of the molecule is O=C(NCCn1c(-c2sccc2Cl)c(I)c2nc[nH]c(=O)c21)C(F)(F)F. The Kier molecular flexibility index (Phi) is 5.30. The number of rotatable bonds is 4. The highest BCUT2D eigenvalue weighted by molar-refractivity contribution is 14.1. The molecule has 6 nitrogen and oxygen atoms in total. The molecule has 2 N–H and O–H groups in total. The van der Waals surface area contributed by atoms with Crippen molar-refractivity contribution in [3.63, 3.8) is 0 Å². The van der Waals surface area contributed by atoms with Crippen molar-refractivity contribution in [1.29, 1.82) is 0 Å². The second-order valence-corrected chi connectivity index (χ2v) is 7.50. The summed E-state index contributed by atoms with van der Waals surface area (Å²) in [6.07, 6.45) is -3.71. The maximum Gasteiger partial charge on any atom is 0.471 e. The second-order valence-electron chi connectivity index (χ2n) is 5.09. The molecule has 0 unspecified atom stereocenters. The lowest BCUT2D eigenvalue weighted by Crippen LogP contribution is -2.38. The second kappa shape index (κ2) is 7.19. The summed E-state index contributed by atoms with van der Waals surface area (Å²) in [5, 5.41) is 4.02. The Balaban J connectivity index is 2.07. The summed E-state index contributed by atoms with van der Waals surface area (Å²) in [5.41, 5.74) is 0.758. The highest BCUT2D eigenvalue weighted by atomic mass is 127. The number of aromatic nitrogens is 3. The van der Waals surface area contributed by atoms with Gasteiger partial charge in [-0.2, -0.15) is 13.2 Å². The van der Waals surface area contributed by atoms with E-state index in [1.807, 2.05) is 22.6 Å². The first-order chi connectivity index (χ1) is 12.2. The Labute approximate surface area is 166 Å². The summed E-state index contributed by atoms with van der Waals surface area (Å²) >= 11 is 9.55. The van der Waals surface area contributed by atoms with Crippen LogP contribution < -0.4 is 10.9 Å². The summed E-state index contributed by atoms with van der Waals surface area (Å²) in [7, 11) is 0. The summed E-state index contributed by atoms with van der Waals surface area (Å²) in [6, 6.07) is 1.68. The lowest BCUT2D eigenvalue weighted by Gasteiger charge is -2.12. The fraction of sp³-hybridized carbons (Fsp3) is 0.214. The molecule has 3 aromatic heterocycles. The Morgan fingerprint density at radius 2 is 2.19 bits per heavy atom. The molecule has 3 aromatic rings.